The number of aryl methyl sites for hydroxylation is 2. The van der Waals surface area contributed by atoms with E-state index in [0.29, 0.717) is 60.2 Å². The maximum atomic E-state index is 15.1. The second-order valence-electron chi connectivity index (χ2n) is 8.99. The quantitative estimate of drug-likeness (QED) is 0.478. The molecule has 1 saturated heterocycles. The number of rotatable bonds is 7. The third-order valence-corrected chi connectivity index (χ3v) is 6.69. The molecule has 0 saturated carbocycles. The molecule has 1 aliphatic carbocycles. The van der Waals surface area contributed by atoms with Crippen LogP contribution in [0, 0.1) is 5.82 Å². The van der Waals surface area contributed by atoms with Gasteiger partial charge in [-0.3, -0.25) is 9.48 Å². The zero-order valence-electron chi connectivity index (χ0n) is 20.5. The van der Waals surface area contributed by atoms with Crippen molar-refractivity contribution < 1.29 is 22.8 Å². The lowest BCUT2D eigenvalue weighted by molar-refractivity contribution is -0.130. The summed E-state index contributed by atoms with van der Waals surface area (Å²) in [4.78, 5) is 29.7. The van der Waals surface area contributed by atoms with Gasteiger partial charge in [0.25, 0.3) is 11.9 Å². The number of aromatic nitrogens is 4. The van der Waals surface area contributed by atoms with Crippen LogP contribution in [0.2, 0.25) is 0 Å². The first-order valence-electron chi connectivity index (χ1n) is 12.0. The van der Waals surface area contributed by atoms with Crippen LogP contribution in [0.15, 0.2) is 24.4 Å². The molecule has 13 heteroatoms. The lowest BCUT2D eigenvalue weighted by atomic mass is 9.93. The number of fused-ring (bicyclic) bond motifs is 3. The Bertz CT molecular complexity index is 1320. The number of alkyl halides is 2. The van der Waals surface area contributed by atoms with E-state index in [1.165, 1.54) is 18.3 Å². The SMILES string of the molecule is CCn1nc(C(N)=O)c2c1-c1nc(N(OC(F)F)c3cc(N4CCN(C)CC4)ccc3F)ncc1CC2. The molecule has 1 aliphatic heterocycles. The topological polar surface area (TPSA) is 106 Å². The molecule has 5 rings (SSSR count). The van der Waals surface area contributed by atoms with Gasteiger partial charge in [0.15, 0.2) is 5.69 Å². The number of halogens is 3. The van der Waals surface area contributed by atoms with E-state index < -0.39 is 18.3 Å². The van der Waals surface area contributed by atoms with Crippen LogP contribution in [0.25, 0.3) is 11.4 Å². The van der Waals surface area contributed by atoms with Crippen LogP contribution in [-0.4, -0.2) is 70.4 Å². The number of carbonyl (C=O) groups excluding carboxylic acids is 1. The Morgan fingerprint density at radius 1 is 1.22 bits per heavy atom. The molecular formula is C24H27F3N8O2. The first kappa shape index (κ1) is 25.0. The third-order valence-electron chi connectivity index (χ3n) is 6.69. The molecule has 0 unspecified atom stereocenters. The first-order chi connectivity index (χ1) is 17.8. The zero-order chi connectivity index (χ0) is 26.3. The van der Waals surface area contributed by atoms with E-state index >= 15 is 4.39 Å². The smallest absolute Gasteiger partial charge is 0.365 e. The molecule has 0 radical (unpaired) electrons. The summed E-state index contributed by atoms with van der Waals surface area (Å²) in [6.07, 6.45) is 2.51. The highest BCUT2D eigenvalue weighted by molar-refractivity contribution is 5.94. The summed E-state index contributed by atoms with van der Waals surface area (Å²) in [6, 6.07) is 4.28. The predicted molar refractivity (Wildman–Crippen MR) is 130 cm³/mol. The van der Waals surface area contributed by atoms with Crippen molar-refractivity contribution in [1.29, 1.82) is 0 Å². The fourth-order valence-corrected chi connectivity index (χ4v) is 4.78. The maximum absolute atomic E-state index is 15.1. The Kier molecular flexibility index (Phi) is 6.73. The highest BCUT2D eigenvalue weighted by atomic mass is 19.3. The summed E-state index contributed by atoms with van der Waals surface area (Å²) >= 11 is 0. The fraction of sp³-hybridized carbons (Fsp3) is 0.417. The predicted octanol–water partition coefficient (Wildman–Crippen LogP) is 2.74. The van der Waals surface area contributed by atoms with E-state index in [9.17, 15) is 13.6 Å². The van der Waals surface area contributed by atoms with Crippen LogP contribution in [0.5, 0.6) is 0 Å². The Balaban J connectivity index is 1.59. The number of anilines is 3. The molecule has 3 aromatic rings. The second-order valence-corrected chi connectivity index (χ2v) is 8.99. The van der Waals surface area contributed by atoms with Gasteiger partial charge in [-0.1, -0.05) is 0 Å². The minimum absolute atomic E-state index is 0.147. The van der Waals surface area contributed by atoms with Crippen LogP contribution in [-0.2, 0) is 24.2 Å². The Morgan fingerprint density at radius 2 is 1.97 bits per heavy atom. The maximum Gasteiger partial charge on any atom is 0.365 e. The van der Waals surface area contributed by atoms with Crippen molar-refractivity contribution in [2.45, 2.75) is 32.9 Å². The van der Waals surface area contributed by atoms with Gasteiger partial charge >= 0.3 is 6.61 Å². The van der Waals surface area contributed by atoms with E-state index in [-0.39, 0.29) is 17.3 Å². The number of amides is 1. The van der Waals surface area contributed by atoms with E-state index in [1.54, 1.807) is 10.7 Å². The number of piperazine rings is 1. The summed E-state index contributed by atoms with van der Waals surface area (Å²) in [7, 11) is 2.02. The average molecular weight is 517 g/mol. The Morgan fingerprint density at radius 3 is 2.65 bits per heavy atom. The summed E-state index contributed by atoms with van der Waals surface area (Å²) in [5, 5.41) is 4.94. The van der Waals surface area contributed by atoms with E-state index in [0.717, 1.165) is 18.7 Å². The van der Waals surface area contributed by atoms with Crippen LogP contribution < -0.4 is 15.7 Å². The van der Waals surface area contributed by atoms with Crippen molar-refractivity contribution in [2.75, 3.05) is 43.2 Å². The van der Waals surface area contributed by atoms with Crippen molar-refractivity contribution in [2.24, 2.45) is 5.73 Å². The van der Waals surface area contributed by atoms with Crippen LogP contribution in [0.1, 0.15) is 28.5 Å². The van der Waals surface area contributed by atoms with E-state index in [4.69, 9.17) is 10.6 Å². The van der Waals surface area contributed by atoms with Gasteiger partial charge in [-0.15, -0.1) is 0 Å². The molecule has 2 aliphatic rings. The Hall–Kier alpha value is -3.71. The molecule has 0 spiro atoms. The Labute approximate surface area is 211 Å². The van der Waals surface area contributed by atoms with Gasteiger partial charge in [-0.05, 0) is 50.6 Å². The fourth-order valence-electron chi connectivity index (χ4n) is 4.78. The normalized spacial score (nSPS) is 15.6. The minimum atomic E-state index is -3.26. The number of nitrogens with zero attached hydrogens (tertiary/aromatic N) is 7. The number of likely N-dealkylation sites (N-methyl/N-ethyl adjacent to an activating group) is 1. The lowest BCUT2D eigenvalue weighted by Gasteiger charge is -2.34. The molecule has 1 aromatic carbocycles. The van der Waals surface area contributed by atoms with Gasteiger partial charge in [0.05, 0.1) is 11.4 Å². The van der Waals surface area contributed by atoms with Gasteiger partial charge in [-0.2, -0.15) is 23.8 Å². The van der Waals surface area contributed by atoms with Gasteiger partial charge in [-0.25, -0.2) is 14.4 Å². The highest BCUT2D eigenvalue weighted by Gasteiger charge is 2.31. The van der Waals surface area contributed by atoms with E-state index in [2.05, 4.69) is 24.9 Å². The molecule has 1 fully saturated rings. The molecule has 37 heavy (non-hydrogen) atoms. The van der Waals surface area contributed by atoms with Gasteiger partial charge in [0, 0.05) is 50.2 Å². The largest absolute Gasteiger partial charge is 0.369 e. The number of primary amides is 1. The molecule has 196 valence electrons. The summed E-state index contributed by atoms with van der Waals surface area (Å²) in [6.45, 7) is 2.06. The molecule has 0 bridgehead atoms. The van der Waals surface area contributed by atoms with Gasteiger partial charge in [0.1, 0.15) is 11.5 Å². The molecule has 2 aromatic heterocycles. The summed E-state index contributed by atoms with van der Waals surface area (Å²) in [5.41, 5.74) is 8.45. The number of hydrogen-bond acceptors (Lipinski definition) is 8. The summed E-state index contributed by atoms with van der Waals surface area (Å²) < 4.78 is 43.8. The third kappa shape index (κ3) is 4.71. The standard InChI is InChI=1S/C24H27F3N8O2/c1-3-34-21-16(20(31-34)22(28)36)6-4-14-13-29-24(30-19(14)21)35(37-23(26)27)18-12-15(5-7-17(18)25)33-10-8-32(2)9-11-33/h5,7,12-13,23H,3-4,6,8-11H2,1-2H3,(H2,28,36). The molecule has 1 amide bonds. The monoisotopic (exact) mass is 516 g/mol. The molecule has 0 atom stereocenters. The second kappa shape index (κ2) is 9.98. The van der Waals surface area contributed by atoms with Crippen LogP contribution >= 0.6 is 0 Å². The lowest BCUT2D eigenvalue weighted by Crippen LogP contribution is -2.44. The highest BCUT2D eigenvalue weighted by Crippen LogP contribution is 2.37. The average Bonchev–Trinajstić information content (AvgIpc) is 3.28. The summed E-state index contributed by atoms with van der Waals surface area (Å²) in [5.74, 6) is -1.70. The molecule has 10 nitrogen and oxygen atoms in total. The molecule has 3 heterocycles. The van der Waals surface area contributed by atoms with Gasteiger partial charge < -0.3 is 15.5 Å². The minimum Gasteiger partial charge on any atom is -0.369 e. The van der Waals surface area contributed by atoms with E-state index in [1.807, 2.05) is 14.0 Å². The first-order valence-corrected chi connectivity index (χ1v) is 12.0. The number of nitrogens with two attached hydrogens (primary N) is 1. The molecule has 2 N–H and O–H groups in total. The zero-order valence-corrected chi connectivity index (χ0v) is 20.5. The van der Waals surface area contributed by atoms with Crippen LogP contribution in [0.3, 0.4) is 0 Å². The molecular weight excluding hydrogens is 489 g/mol. The van der Waals surface area contributed by atoms with Crippen molar-refractivity contribution in [3.05, 3.63) is 47.0 Å². The number of benzene rings is 1. The number of carbonyl (C=O) groups is 1. The van der Waals surface area contributed by atoms with Crippen molar-refractivity contribution in [3.8, 4) is 11.4 Å². The van der Waals surface area contributed by atoms with Gasteiger partial charge in [0.2, 0.25) is 0 Å². The van der Waals surface area contributed by atoms with Crippen molar-refractivity contribution in [1.82, 2.24) is 24.6 Å². The van der Waals surface area contributed by atoms with Crippen LogP contribution in [0.4, 0.5) is 30.5 Å². The van der Waals surface area contributed by atoms with Crippen molar-refractivity contribution >= 4 is 23.2 Å². The number of hydrogen-bond donors (Lipinski definition) is 1. The van der Waals surface area contributed by atoms with Crippen molar-refractivity contribution in [3.63, 3.8) is 0 Å².